The first-order chi connectivity index (χ1) is 10.1. The monoisotopic (exact) mass is 294 g/mol. The summed E-state index contributed by atoms with van der Waals surface area (Å²) in [5.41, 5.74) is 0.313. The molecular formula is C15H16F2N2O2. The number of hydrogen-bond acceptors (Lipinski definition) is 3. The molecule has 3 rings (SSSR count). The number of ether oxygens (including phenoxy) is 1. The van der Waals surface area contributed by atoms with Gasteiger partial charge in [-0.3, -0.25) is 4.79 Å². The summed E-state index contributed by atoms with van der Waals surface area (Å²) in [6.45, 7) is 0. The van der Waals surface area contributed by atoms with Gasteiger partial charge >= 0.3 is 5.97 Å². The van der Waals surface area contributed by atoms with E-state index in [0.29, 0.717) is 11.3 Å². The molecule has 1 saturated carbocycles. The lowest BCUT2D eigenvalue weighted by Gasteiger charge is -2.18. The molecule has 0 bridgehead atoms. The average molecular weight is 294 g/mol. The van der Waals surface area contributed by atoms with E-state index in [1.165, 1.54) is 13.2 Å². The topological polar surface area (TPSA) is 55.0 Å². The van der Waals surface area contributed by atoms with Crippen LogP contribution in [0.2, 0.25) is 0 Å². The van der Waals surface area contributed by atoms with Gasteiger partial charge in [0, 0.05) is 0 Å². The van der Waals surface area contributed by atoms with Crippen molar-refractivity contribution in [2.45, 2.75) is 31.6 Å². The number of methoxy groups -OCH3 is 1. The van der Waals surface area contributed by atoms with Crippen molar-refractivity contribution in [1.82, 2.24) is 9.97 Å². The number of aromatic nitrogens is 2. The maximum Gasteiger partial charge on any atom is 0.316 e. The minimum Gasteiger partial charge on any atom is -0.468 e. The summed E-state index contributed by atoms with van der Waals surface area (Å²) < 4.78 is 31.9. The predicted molar refractivity (Wildman–Crippen MR) is 72.7 cm³/mol. The summed E-state index contributed by atoms with van der Waals surface area (Å²) in [6, 6.07) is 2.47. The number of hydrogen-bond donors (Lipinski definition) is 1. The standard InChI is InChI=1S/C15H16F2N2O2/c1-21-15(20)11(8-4-2-3-5-8)14-18-10-7-6-9(16)12(17)13(10)19-14/h6-8,11H,2-5H2,1H3,(H,18,19). The lowest BCUT2D eigenvalue weighted by atomic mass is 9.90. The zero-order chi connectivity index (χ0) is 15.0. The Morgan fingerprint density at radius 3 is 2.76 bits per heavy atom. The Morgan fingerprint density at radius 1 is 1.38 bits per heavy atom. The molecule has 1 aromatic heterocycles. The summed E-state index contributed by atoms with van der Waals surface area (Å²) in [7, 11) is 1.33. The van der Waals surface area contributed by atoms with Gasteiger partial charge in [0.25, 0.3) is 0 Å². The van der Waals surface area contributed by atoms with E-state index >= 15 is 0 Å². The fourth-order valence-corrected chi connectivity index (χ4v) is 3.13. The molecule has 1 atom stereocenters. The van der Waals surface area contributed by atoms with E-state index in [0.717, 1.165) is 31.7 Å². The van der Waals surface area contributed by atoms with Crippen molar-refractivity contribution < 1.29 is 18.3 Å². The highest BCUT2D eigenvalue weighted by molar-refractivity contribution is 5.81. The molecule has 6 heteroatoms. The van der Waals surface area contributed by atoms with Gasteiger partial charge in [0.2, 0.25) is 0 Å². The van der Waals surface area contributed by atoms with Crippen molar-refractivity contribution in [3.05, 3.63) is 29.6 Å². The Bertz CT molecular complexity index is 678. The van der Waals surface area contributed by atoms with Crippen LogP contribution in [-0.4, -0.2) is 23.0 Å². The predicted octanol–water partition coefficient (Wildman–Crippen LogP) is 3.29. The van der Waals surface area contributed by atoms with Crippen LogP contribution in [0.15, 0.2) is 12.1 Å². The van der Waals surface area contributed by atoms with Crippen LogP contribution in [0.3, 0.4) is 0 Å². The third-order valence-corrected chi connectivity index (χ3v) is 4.18. The Labute approximate surface area is 120 Å². The van der Waals surface area contributed by atoms with Crippen LogP contribution in [0.5, 0.6) is 0 Å². The van der Waals surface area contributed by atoms with Gasteiger partial charge in [0.05, 0.1) is 12.6 Å². The summed E-state index contributed by atoms with van der Waals surface area (Å²) in [5.74, 6) is -2.39. The number of imidazole rings is 1. The summed E-state index contributed by atoms with van der Waals surface area (Å²) >= 11 is 0. The fraction of sp³-hybridized carbons (Fsp3) is 0.467. The van der Waals surface area contributed by atoms with Crippen molar-refractivity contribution >= 4 is 17.0 Å². The number of H-pyrrole nitrogens is 1. The van der Waals surface area contributed by atoms with Crippen LogP contribution in [0.4, 0.5) is 8.78 Å². The molecule has 21 heavy (non-hydrogen) atoms. The molecule has 1 fully saturated rings. The smallest absolute Gasteiger partial charge is 0.316 e. The maximum atomic E-state index is 13.8. The highest BCUT2D eigenvalue weighted by Gasteiger charge is 2.35. The van der Waals surface area contributed by atoms with Gasteiger partial charge in [-0.15, -0.1) is 0 Å². The summed E-state index contributed by atoms with van der Waals surface area (Å²) in [6.07, 6.45) is 3.93. The third kappa shape index (κ3) is 2.39. The number of benzene rings is 1. The van der Waals surface area contributed by atoms with Crippen LogP contribution < -0.4 is 0 Å². The van der Waals surface area contributed by atoms with Crippen molar-refractivity contribution in [1.29, 1.82) is 0 Å². The van der Waals surface area contributed by atoms with Crippen molar-refractivity contribution in [3.8, 4) is 0 Å². The van der Waals surface area contributed by atoms with E-state index in [9.17, 15) is 13.6 Å². The number of esters is 1. The molecule has 0 radical (unpaired) electrons. The number of fused-ring (bicyclic) bond motifs is 1. The molecule has 1 aliphatic rings. The van der Waals surface area contributed by atoms with Crippen LogP contribution in [-0.2, 0) is 9.53 Å². The maximum absolute atomic E-state index is 13.8. The summed E-state index contributed by atoms with van der Waals surface area (Å²) in [4.78, 5) is 19.1. The van der Waals surface area contributed by atoms with E-state index in [2.05, 4.69) is 9.97 Å². The van der Waals surface area contributed by atoms with Crippen LogP contribution >= 0.6 is 0 Å². The highest BCUT2D eigenvalue weighted by atomic mass is 19.2. The van der Waals surface area contributed by atoms with Crippen LogP contribution in [0, 0.1) is 17.6 Å². The lowest BCUT2D eigenvalue weighted by molar-refractivity contribution is -0.144. The molecule has 112 valence electrons. The molecule has 0 amide bonds. The molecule has 1 aromatic carbocycles. The molecule has 1 heterocycles. The van der Waals surface area contributed by atoms with E-state index in [-0.39, 0.29) is 17.4 Å². The SMILES string of the molecule is COC(=O)C(c1nc2c(F)c(F)ccc2[nH]1)C1CCCC1. The normalized spacial score (nSPS) is 17.3. The van der Waals surface area contributed by atoms with Gasteiger partial charge in [-0.25, -0.2) is 13.8 Å². The van der Waals surface area contributed by atoms with E-state index < -0.39 is 17.6 Å². The van der Waals surface area contributed by atoms with Gasteiger partial charge < -0.3 is 9.72 Å². The minimum atomic E-state index is -0.995. The number of halogens is 2. The molecule has 1 N–H and O–H groups in total. The Balaban J connectivity index is 2.06. The van der Waals surface area contributed by atoms with Crippen molar-refractivity contribution in [3.63, 3.8) is 0 Å². The molecule has 4 nitrogen and oxygen atoms in total. The zero-order valence-corrected chi connectivity index (χ0v) is 11.7. The first-order valence-corrected chi connectivity index (χ1v) is 7.03. The lowest BCUT2D eigenvalue weighted by Crippen LogP contribution is -2.22. The number of nitrogens with one attached hydrogen (secondary N) is 1. The minimum absolute atomic E-state index is 0.0723. The fourth-order valence-electron chi connectivity index (χ4n) is 3.13. The van der Waals surface area contributed by atoms with Crippen molar-refractivity contribution in [2.75, 3.05) is 7.11 Å². The first-order valence-electron chi connectivity index (χ1n) is 7.03. The number of aromatic amines is 1. The van der Waals surface area contributed by atoms with E-state index in [4.69, 9.17) is 4.74 Å². The number of carbonyl (C=O) groups is 1. The Hall–Kier alpha value is -1.98. The second-order valence-corrected chi connectivity index (χ2v) is 5.42. The summed E-state index contributed by atoms with van der Waals surface area (Å²) in [5, 5.41) is 0. The Kier molecular flexibility index (Phi) is 3.61. The largest absolute Gasteiger partial charge is 0.468 e. The molecule has 2 aromatic rings. The van der Waals surface area contributed by atoms with Gasteiger partial charge in [-0.1, -0.05) is 12.8 Å². The molecule has 0 aliphatic heterocycles. The average Bonchev–Trinajstić information content (AvgIpc) is 3.13. The first kappa shape index (κ1) is 14.0. The quantitative estimate of drug-likeness (QED) is 0.884. The molecule has 0 saturated heterocycles. The molecular weight excluding hydrogens is 278 g/mol. The number of rotatable bonds is 3. The number of nitrogens with zero attached hydrogens (tertiary/aromatic N) is 1. The zero-order valence-electron chi connectivity index (χ0n) is 11.7. The highest BCUT2D eigenvalue weighted by Crippen LogP contribution is 2.37. The van der Waals surface area contributed by atoms with E-state index in [1.807, 2.05) is 0 Å². The van der Waals surface area contributed by atoms with Crippen molar-refractivity contribution in [2.24, 2.45) is 5.92 Å². The molecule has 1 unspecified atom stereocenters. The van der Waals surface area contributed by atoms with Gasteiger partial charge in [-0.2, -0.15) is 0 Å². The molecule has 0 spiro atoms. The second-order valence-electron chi connectivity index (χ2n) is 5.42. The number of carbonyl (C=O) groups excluding carboxylic acids is 1. The van der Waals surface area contributed by atoms with Gasteiger partial charge in [0.1, 0.15) is 17.3 Å². The van der Waals surface area contributed by atoms with E-state index in [1.54, 1.807) is 0 Å². The second kappa shape index (κ2) is 5.42. The Morgan fingerprint density at radius 2 is 2.10 bits per heavy atom. The van der Waals surface area contributed by atoms with Gasteiger partial charge in [-0.05, 0) is 30.9 Å². The van der Waals surface area contributed by atoms with Gasteiger partial charge in [0.15, 0.2) is 11.6 Å². The third-order valence-electron chi connectivity index (χ3n) is 4.18. The van der Waals surface area contributed by atoms with Crippen LogP contribution in [0.1, 0.15) is 37.4 Å². The van der Waals surface area contributed by atoms with Crippen LogP contribution in [0.25, 0.3) is 11.0 Å². The molecule has 1 aliphatic carbocycles.